The predicted octanol–water partition coefficient (Wildman–Crippen LogP) is 5.73. The summed E-state index contributed by atoms with van der Waals surface area (Å²) in [4.78, 5) is 1.23. The Hall–Kier alpha value is -1.59. The Morgan fingerprint density at radius 3 is 2.79 bits per heavy atom. The van der Waals surface area contributed by atoms with E-state index >= 15 is 0 Å². The molecule has 2 aromatic heterocycles. The minimum atomic E-state index is 1.01. The lowest BCUT2D eigenvalue weighted by Crippen LogP contribution is -2.08. The lowest BCUT2D eigenvalue weighted by molar-refractivity contribution is 0.780. The number of nitrogens with one attached hydrogen (secondary N) is 1. The molecule has 0 fully saturated rings. The van der Waals surface area contributed by atoms with Crippen molar-refractivity contribution < 1.29 is 0 Å². The molecule has 1 aromatic carbocycles. The van der Waals surface area contributed by atoms with Gasteiger partial charge in [0.15, 0.2) is 0 Å². The Kier molecular flexibility index (Phi) is 4.22. The van der Waals surface area contributed by atoms with Crippen molar-refractivity contribution >= 4 is 33.1 Å². The summed E-state index contributed by atoms with van der Waals surface area (Å²) in [6.07, 6.45) is 3.49. The van der Waals surface area contributed by atoms with Gasteiger partial charge < -0.3 is 5.32 Å². The molecule has 0 unspecified atom stereocenters. The Morgan fingerprint density at radius 1 is 1.17 bits per heavy atom. The summed E-state index contributed by atoms with van der Waals surface area (Å²) < 4.78 is 3.26. The van der Waals surface area contributed by atoms with Crippen molar-refractivity contribution in [2.24, 2.45) is 0 Å². The second-order valence-electron chi connectivity index (χ2n) is 6.37. The van der Waals surface area contributed by atoms with Gasteiger partial charge in [0.1, 0.15) is 11.5 Å². The molecule has 24 heavy (non-hydrogen) atoms. The number of rotatable bonds is 2. The highest BCUT2D eigenvalue weighted by Gasteiger charge is 2.23. The Balaban J connectivity index is 1.92. The van der Waals surface area contributed by atoms with Crippen LogP contribution in [0.3, 0.4) is 0 Å². The first kappa shape index (κ1) is 15.9. The highest BCUT2D eigenvalue weighted by molar-refractivity contribution is 9.11. The number of hydrogen-bond acceptors (Lipinski definition) is 3. The van der Waals surface area contributed by atoms with Crippen LogP contribution < -0.4 is 5.32 Å². The molecule has 0 spiro atoms. The molecule has 124 valence electrons. The molecule has 0 saturated heterocycles. The van der Waals surface area contributed by atoms with Crippen LogP contribution in [0.25, 0.3) is 16.3 Å². The highest BCUT2D eigenvalue weighted by atomic mass is 79.9. The third-order valence-corrected chi connectivity index (χ3v) is 6.15. The zero-order chi connectivity index (χ0) is 16.7. The van der Waals surface area contributed by atoms with Gasteiger partial charge in [0.25, 0.3) is 0 Å². The topological polar surface area (TPSA) is 29.9 Å². The van der Waals surface area contributed by atoms with E-state index in [-0.39, 0.29) is 0 Å². The van der Waals surface area contributed by atoms with Crippen LogP contribution in [0.5, 0.6) is 0 Å². The minimum Gasteiger partial charge on any atom is -0.370 e. The standard InChI is InChI=1S/C19H20BrN3S/c1-12-6-7-15(13(2)11-12)23-19-14(5-3-4-10-21-19)18(22-23)16-8-9-17(20)24-16/h6-9,11,21H,3-5,10H2,1-2H3. The molecule has 1 aliphatic heterocycles. The molecule has 0 saturated carbocycles. The van der Waals surface area contributed by atoms with E-state index in [9.17, 15) is 0 Å². The molecule has 1 N–H and O–H groups in total. The molecule has 3 heterocycles. The van der Waals surface area contributed by atoms with Crippen molar-refractivity contribution in [2.45, 2.75) is 33.1 Å². The normalized spacial score (nSPS) is 14.1. The van der Waals surface area contributed by atoms with Gasteiger partial charge in [-0.15, -0.1) is 11.3 Å². The maximum atomic E-state index is 5.02. The van der Waals surface area contributed by atoms with Gasteiger partial charge in [0.05, 0.1) is 14.4 Å². The first-order chi connectivity index (χ1) is 11.6. The van der Waals surface area contributed by atoms with Crippen LogP contribution in [-0.2, 0) is 6.42 Å². The summed E-state index contributed by atoms with van der Waals surface area (Å²) in [5, 5.41) is 8.65. The predicted molar refractivity (Wildman–Crippen MR) is 105 cm³/mol. The number of aryl methyl sites for hydroxylation is 2. The fourth-order valence-corrected chi connectivity index (χ4v) is 4.76. The highest BCUT2D eigenvalue weighted by Crippen LogP contribution is 2.38. The van der Waals surface area contributed by atoms with Crippen LogP contribution in [0.15, 0.2) is 34.1 Å². The van der Waals surface area contributed by atoms with E-state index in [4.69, 9.17) is 5.10 Å². The first-order valence-electron chi connectivity index (χ1n) is 8.32. The largest absolute Gasteiger partial charge is 0.370 e. The van der Waals surface area contributed by atoms with Crippen molar-refractivity contribution in [2.75, 3.05) is 11.9 Å². The van der Waals surface area contributed by atoms with Crippen molar-refractivity contribution in [3.63, 3.8) is 0 Å². The summed E-state index contributed by atoms with van der Waals surface area (Å²) in [6, 6.07) is 10.8. The van der Waals surface area contributed by atoms with Crippen LogP contribution >= 0.6 is 27.3 Å². The number of halogens is 1. The number of hydrogen-bond donors (Lipinski definition) is 1. The van der Waals surface area contributed by atoms with Crippen LogP contribution in [0.2, 0.25) is 0 Å². The Morgan fingerprint density at radius 2 is 2.04 bits per heavy atom. The van der Waals surface area contributed by atoms with E-state index in [1.165, 1.54) is 40.2 Å². The molecule has 0 aliphatic carbocycles. The van der Waals surface area contributed by atoms with Gasteiger partial charge in [0.2, 0.25) is 0 Å². The van der Waals surface area contributed by atoms with E-state index < -0.39 is 0 Å². The van der Waals surface area contributed by atoms with Gasteiger partial charge in [-0.1, -0.05) is 17.7 Å². The first-order valence-corrected chi connectivity index (χ1v) is 9.93. The molecule has 0 amide bonds. The van der Waals surface area contributed by atoms with E-state index in [1.807, 2.05) is 0 Å². The molecule has 0 atom stereocenters. The Labute approximate surface area is 154 Å². The van der Waals surface area contributed by atoms with Gasteiger partial charge in [-0.2, -0.15) is 5.10 Å². The second kappa shape index (κ2) is 6.37. The van der Waals surface area contributed by atoms with Gasteiger partial charge >= 0.3 is 0 Å². The third kappa shape index (κ3) is 2.80. The summed E-state index contributed by atoms with van der Waals surface area (Å²) >= 11 is 5.33. The SMILES string of the molecule is Cc1ccc(-n2nc(-c3ccc(Br)s3)c3c2NCCCC3)c(C)c1. The molecule has 3 aromatic rings. The second-order valence-corrected chi connectivity index (χ2v) is 8.83. The summed E-state index contributed by atoms with van der Waals surface area (Å²) in [5.41, 5.74) is 6.17. The number of fused-ring (bicyclic) bond motifs is 1. The summed E-state index contributed by atoms with van der Waals surface area (Å²) in [5.74, 6) is 1.17. The lowest BCUT2D eigenvalue weighted by atomic mass is 10.1. The van der Waals surface area contributed by atoms with E-state index in [2.05, 4.69) is 70.1 Å². The molecular weight excluding hydrogens is 382 g/mol. The number of aromatic nitrogens is 2. The van der Waals surface area contributed by atoms with Gasteiger partial charge in [-0.05, 0) is 72.8 Å². The van der Waals surface area contributed by atoms with Crippen molar-refractivity contribution in [3.8, 4) is 16.3 Å². The molecule has 4 rings (SSSR count). The maximum absolute atomic E-state index is 5.02. The van der Waals surface area contributed by atoms with Crippen molar-refractivity contribution in [1.29, 1.82) is 0 Å². The average Bonchev–Trinajstić information content (AvgIpc) is 3.03. The quantitative estimate of drug-likeness (QED) is 0.594. The number of anilines is 1. The number of benzene rings is 1. The fraction of sp³-hybridized carbons (Fsp3) is 0.316. The molecule has 1 aliphatic rings. The van der Waals surface area contributed by atoms with Gasteiger partial charge in [-0.3, -0.25) is 0 Å². The Bertz CT molecular complexity index is 894. The van der Waals surface area contributed by atoms with E-state index in [0.717, 1.165) is 28.1 Å². The zero-order valence-corrected chi connectivity index (χ0v) is 16.3. The summed E-state index contributed by atoms with van der Waals surface area (Å²) in [7, 11) is 0. The fourth-order valence-electron chi connectivity index (χ4n) is 3.36. The molecule has 5 heteroatoms. The van der Waals surface area contributed by atoms with Crippen LogP contribution in [-0.4, -0.2) is 16.3 Å². The molecule has 0 bridgehead atoms. The molecule has 0 radical (unpaired) electrons. The van der Waals surface area contributed by atoms with Gasteiger partial charge in [0, 0.05) is 12.1 Å². The lowest BCUT2D eigenvalue weighted by Gasteiger charge is -2.12. The van der Waals surface area contributed by atoms with E-state index in [0.29, 0.717) is 0 Å². The van der Waals surface area contributed by atoms with Crippen LogP contribution in [0, 0.1) is 13.8 Å². The van der Waals surface area contributed by atoms with Crippen LogP contribution in [0.4, 0.5) is 5.82 Å². The maximum Gasteiger partial charge on any atom is 0.133 e. The van der Waals surface area contributed by atoms with E-state index in [1.54, 1.807) is 11.3 Å². The smallest absolute Gasteiger partial charge is 0.133 e. The van der Waals surface area contributed by atoms with Crippen molar-refractivity contribution in [1.82, 2.24) is 9.78 Å². The molecule has 3 nitrogen and oxygen atoms in total. The molecular formula is C19H20BrN3S. The third-order valence-electron chi connectivity index (χ3n) is 4.52. The monoisotopic (exact) mass is 401 g/mol. The number of nitrogens with zero attached hydrogens (tertiary/aromatic N) is 2. The minimum absolute atomic E-state index is 1.01. The zero-order valence-electron chi connectivity index (χ0n) is 13.9. The van der Waals surface area contributed by atoms with Crippen molar-refractivity contribution in [3.05, 3.63) is 50.8 Å². The average molecular weight is 402 g/mol. The summed E-state index contributed by atoms with van der Waals surface area (Å²) in [6.45, 7) is 5.30. The number of thiophene rings is 1. The van der Waals surface area contributed by atoms with Crippen LogP contribution in [0.1, 0.15) is 29.5 Å². The van der Waals surface area contributed by atoms with Gasteiger partial charge in [-0.25, -0.2) is 4.68 Å².